The molecule has 2 aliphatic rings. The lowest BCUT2D eigenvalue weighted by atomic mass is 9.82. The van der Waals surface area contributed by atoms with Crippen LogP contribution in [-0.2, 0) is 9.59 Å². The zero-order valence-electron chi connectivity index (χ0n) is 11.7. The molecule has 4 atom stereocenters. The second-order valence-electron chi connectivity index (χ2n) is 5.66. The first-order chi connectivity index (χ1) is 9.10. The lowest BCUT2D eigenvalue weighted by molar-refractivity contribution is -0.151. The molecular formula is C15H23NO3. The van der Waals surface area contributed by atoms with Gasteiger partial charge in [0.05, 0.1) is 11.8 Å². The van der Waals surface area contributed by atoms with Gasteiger partial charge in [-0.2, -0.15) is 0 Å². The summed E-state index contributed by atoms with van der Waals surface area (Å²) in [6.45, 7) is 5.56. The summed E-state index contributed by atoms with van der Waals surface area (Å²) in [5.41, 5.74) is 0. The monoisotopic (exact) mass is 265 g/mol. The van der Waals surface area contributed by atoms with Crippen molar-refractivity contribution >= 4 is 11.9 Å². The third-order valence-corrected chi connectivity index (χ3v) is 4.33. The molecule has 106 valence electrons. The quantitative estimate of drug-likeness (QED) is 0.749. The van der Waals surface area contributed by atoms with Crippen molar-refractivity contribution in [2.24, 2.45) is 23.7 Å². The molecule has 0 spiro atoms. The highest BCUT2D eigenvalue weighted by Gasteiger charge is 2.52. The van der Waals surface area contributed by atoms with E-state index in [0.717, 1.165) is 32.4 Å². The van der Waals surface area contributed by atoms with Gasteiger partial charge < -0.3 is 10.0 Å². The molecule has 0 heterocycles. The van der Waals surface area contributed by atoms with E-state index in [2.05, 4.69) is 0 Å². The van der Waals surface area contributed by atoms with Crippen LogP contribution in [0.5, 0.6) is 0 Å². The van der Waals surface area contributed by atoms with Gasteiger partial charge in [-0.3, -0.25) is 9.59 Å². The minimum absolute atomic E-state index is 0.0490. The van der Waals surface area contributed by atoms with Gasteiger partial charge in [-0.25, -0.2) is 0 Å². The predicted molar refractivity (Wildman–Crippen MR) is 72.5 cm³/mol. The molecule has 0 aliphatic heterocycles. The number of nitrogens with zero attached hydrogens (tertiary/aromatic N) is 1. The second kappa shape index (κ2) is 5.76. The number of fused-ring (bicyclic) bond motifs is 2. The van der Waals surface area contributed by atoms with Gasteiger partial charge in [-0.05, 0) is 31.1 Å². The second-order valence-corrected chi connectivity index (χ2v) is 5.66. The van der Waals surface area contributed by atoms with Crippen LogP contribution in [0, 0.1) is 23.7 Å². The predicted octanol–water partition coefficient (Wildman–Crippen LogP) is 2.16. The summed E-state index contributed by atoms with van der Waals surface area (Å²) >= 11 is 0. The van der Waals surface area contributed by atoms with Crippen molar-refractivity contribution in [1.29, 1.82) is 0 Å². The van der Waals surface area contributed by atoms with Gasteiger partial charge in [0, 0.05) is 13.1 Å². The number of carbonyl (C=O) groups excluding carboxylic acids is 1. The molecule has 4 nitrogen and oxygen atoms in total. The highest BCUT2D eigenvalue weighted by Crippen LogP contribution is 2.48. The minimum atomic E-state index is -0.817. The SMILES string of the molecule is CCCN(CCC)C(=O)[C@H]1C(C(=O)O)[C@H]2C=C[C@@H]1C2. The molecule has 2 aliphatic carbocycles. The number of allylic oxidation sites excluding steroid dienone is 2. The number of hydrogen-bond donors (Lipinski definition) is 1. The van der Waals surface area contributed by atoms with Crippen molar-refractivity contribution in [2.45, 2.75) is 33.1 Å². The summed E-state index contributed by atoms with van der Waals surface area (Å²) in [6, 6.07) is 0. The number of aliphatic carboxylic acids is 1. The van der Waals surface area contributed by atoms with Crippen molar-refractivity contribution in [2.75, 3.05) is 13.1 Å². The molecule has 1 N–H and O–H groups in total. The molecule has 1 unspecified atom stereocenters. The first-order valence-electron chi connectivity index (χ1n) is 7.30. The Balaban J connectivity index is 2.16. The van der Waals surface area contributed by atoms with Gasteiger partial charge in [0.1, 0.15) is 0 Å². The number of carbonyl (C=O) groups is 2. The van der Waals surface area contributed by atoms with Crippen LogP contribution in [0.3, 0.4) is 0 Å². The lowest BCUT2D eigenvalue weighted by Crippen LogP contribution is -2.43. The first-order valence-corrected chi connectivity index (χ1v) is 7.30. The van der Waals surface area contributed by atoms with Crippen LogP contribution in [0.25, 0.3) is 0 Å². The molecule has 0 aromatic carbocycles. The fourth-order valence-corrected chi connectivity index (χ4v) is 3.58. The molecule has 0 aromatic heterocycles. The largest absolute Gasteiger partial charge is 0.481 e. The van der Waals surface area contributed by atoms with Gasteiger partial charge in [-0.1, -0.05) is 26.0 Å². The van der Waals surface area contributed by atoms with Crippen LogP contribution in [0.1, 0.15) is 33.1 Å². The van der Waals surface area contributed by atoms with Crippen LogP contribution in [-0.4, -0.2) is 35.0 Å². The number of amides is 1. The van der Waals surface area contributed by atoms with E-state index in [1.165, 1.54) is 0 Å². The molecule has 0 aromatic rings. The zero-order chi connectivity index (χ0) is 14.0. The van der Waals surface area contributed by atoms with E-state index < -0.39 is 11.9 Å². The molecule has 1 fully saturated rings. The highest BCUT2D eigenvalue weighted by molar-refractivity contribution is 5.87. The van der Waals surface area contributed by atoms with Crippen molar-refractivity contribution in [3.63, 3.8) is 0 Å². The average molecular weight is 265 g/mol. The van der Waals surface area contributed by atoms with Crippen LogP contribution in [0.2, 0.25) is 0 Å². The summed E-state index contributed by atoms with van der Waals surface area (Å²) in [5, 5.41) is 9.39. The maximum Gasteiger partial charge on any atom is 0.307 e. The number of rotatable bonds is 6. The molecule has 1 saturated carbocycles. The van der Waals surface area contributed by atoms with E-state index in [4.69, 9.17) is 0 Å². The van der Waals surface area contributed by atoms with E-state index in [1.807, 2.05) is 30.9 Å². The Labute approximate surface area is 114 Å². The summed E-state index contributed by atoms with van der Waals surface area (Å²) in [4.78, 5) is 26.0. The Bertz CT molecular complexity index is 385. The van der Waals surface area contributed by atoms with Crippen molar-refractivity contribution in [1.82, 2.24) is 4.90 Å². The van der Waals surface area contributed by atoms with Crippen molar-refractivity contribution < 1.29 is 14.7 Å². The van der Waals surface area contributed by atoms with Gasteiger partial charge in [0.25, 0.3) is 0 Å². The fourth-order valence-electron chi connectivity index (χ4n) is 3.58. The van der Waals surface area contributed by atoms with Crippen LogP contribution in [0.4, 0.5) is 0 Å². The normalized spacial score (nSPS) is 31.7. The molecular weight excluding hydrogens is 242 g/mol. The van der Waals surface area contributed by atoms with E-state index >= 15 is 0 Å². The van der Waals surface area contributed by atoms with Crippen LogP contribution in [0.15, 0.2) is 12.2 Å². The Hall–Kier alpha value is -1.32. The fraction of sp³-hybridized carbons (Fsp3) is 0.733. The maximum absolute atomic E-state index is 12.7. The Morgan fingerprint density at radius 3 is 2.11 bits per heavy atom. The van der Waals surface area contributed by atoms with Crippen molar-refractivity contribution in [3.8, 4) is 0 Å². The third kappa shape index (κ3) is 2.53. The Kier molecular flexibility index (Phi) is 4.27. The van der Waals surface area contributed by atoms with Gasteiger partial charge in [-0.15, -0.1) is 0 Å². The minimum Gasteiger partial charge on any atom is -0.481 e. The van der Waals surface area contributed by atoms with Crippen molar-refractivity contribution in [3.05, 3.63) is 12.2 Å². The molecule has 0 saturated heterocycles. The maximum atomic E-state index is 12.7. The number of carboxylic acid groups (broad SMARTS) is 1. The van der Waals surface area contributed by atoms with Gasteiger partial charge in [0.2, 0.25) is 5.91 Å². The third-order valence-electron chi connectivity index (χ3n) is 4.33. The smallest absolute Gasteiger partial charge is 0.307 e. The Morgan fingerprint density at radius 1 is 1.11 bits per heavy atom. The van der Waals surface area contributed by atoms with E-state index in [9.17, 15) is 14.7 Å². The molecule has 0 radical (unpaired) electrons. The van der Waals surface area contributed by atoms with E-state index in [1.54, 1.807) is 0 Å². The van der Waals surface area contributed by atoms with E-state index in [0.29, 0.717) is 0 Å². The Morgan fingerprint density at radius 2 is 1.63 bits per heavy atom. The number of carboxylic acids is 1. The first kappa shape index (κ1) is 14.1. The zero-order valence-corrected chi connectivity index (χ0v) is 11.7. The molecule has 19 heavy (non-hydrogen) atoms. The highest BCUT2D eigenvalue weighted by atomic mass is 16.4. The molecule has 4 heteroatoms. The van der Waals surface area contributed by atoms with Gasteiger partial charge in [0.15, 0.2) is 0 Å². The molecule has 2 rings (SSSR count). The van der Waals surface area contributed by atoms with E-state index in [-0.39, 0.29) is 23.7 Å². The van der Waals surface area contributed by atoms with Crippen LogP contribution >= 0.6 is 0 Å². The molecule has 1 amide bonds. The summed E-state index contributed by atoms with van der Waals surface area (Å²) in [7, 11) is 0. The average Bonchev–Trinajstić information content (AvgIpc) is 2.97. The lowest BCUT2D eigenvalue weighted by Gasteiger charge is -2.30. The summed E-state index contributed by atoms with van der Waals surface area (Å²) in [5.74, 6) is -1.43. The van der Waals surface area contributed by atoms with Gasteiger partial charge >= 0.3 is 5.97 Å². The summed E-state index contributed by atoms with van der Waals surface area (Å²) < 4.78 is 0. The molecule has 2 bridgehead atoms. The van der Waals surface area contributed by atoms with Crippen LogP contribution < -0.4 is 0 Å². The standard InChI is InChI=1S/C15H23NO3/c1-3-7-16(8-4-2)14(17)12-10-5-6-11(9-10)13(12)15(18)19/h5-6,10-13H,3-4,7-9H2,1-2H3,(H,18,19)/t10-,11+,12-,13?/m1/s1. The summed E-state index contributed by atoms with van der Waals surface area (Å²) in [6.07, 6.45) is 6.69. The topological polar surface area (TPSA) is 57.6 Å². The number of hydrogen-bond acceptors (Lipinski definition) is 2.